The van der Waals surface area contributed by atoms with E-state index < -0.39 is 5.60 Å². The molecule has 1 aliphatic rings. The van der Waals surface area contributed by atoms with Gasteiger partial charge in [0.2, 0.25) is 0 Å². The summed E-state index contributed by atoms with van der Waals surface area (Å²) in [4.78, 5) is 15.8. The van der Waals surface area contributed by atoms with E-state index in [1.807, 2.05) is 0 Å². The summed E-state index contributed by atoms with van der Waals surface area (Å²) >= 11 is 11.8. The Bertz CT molecular complexity index is 453. The summed E-state index contributed by atoms with van der Waals surface area (Å²) in [6.45, 7) is 0.223. The maximum atomic E-state index is 12.1. The molecule has 1 aromatic rings. The molecule has 0 unspecified atom stereocenters. The Labute approximate surface area is 122 Å². The molecule has 1 heterocycles. The van der Waals surface area contributed by atoms with Crippen LogP contribution < -0.4 is 5.32 Å². The second kappa shape index (κ2) is 6.07. The second-order valence-electron chi connectivity index (χ2n) is 4.95. The molecule has 1 fully saturated rings. The average Bonchev–Trinajstić information content (AvgIpc) is 2.37. The molecule has 1 saturated carbocycles. The average molecular weight is 303 g/mol. The highest BCUT2D eigenvalue weighted by Crippen LogP contribution is 2.28. The van der Waals surface area contributed by atoms with Crippen molar-refractivity contribution in [3.63, 3.8) is 0 Å². The van der Waals surface area contributed by atoms with E-state index >= 15 is 0 Å². The highest BCUT2D eigenvalue weighted by Gasteiger charge is 2.30. The summed E-state index contributed by atoms with van der Waals surface area (Å²) < 4.78 is 0. The van der Waals surface area contributed by atoms with Crippen LogP contribution in [0.1, 0.15) is 42.5 Å². The maximum absolute atomic E-state index is 12.1. The van der Waals surface area contributed by atoms with E-state index in [-0.39, 0.29) is 28.1 Å². The van der Waals surface area contributed by atoms with Crippen molar-refractivity contribution in [1.82, 2.24) is 10.3 Å². The summed E-state index contributed by atoms with van der Waals surface area (Å²) in [7, 11) is 0. The highest BCUT2D eigenvalue weighted by atomic mass is 35.5. The minimum atomic E-state index is -0.806. The van der Waals surface area contributed by atoms with Gasteiger partial charge in [-0.15, -0.1) is 0 Å². The van der Waals surface area contributed by atoms with Gasteiger partial charge in [0.1, 0.15) is 0 Å². The lowest BCUT2D eigenvalue weighted by Crippen LogP contribution is -2.44. The third kappa shape index (κ3) is 3.59. The van der Waals surface area contributed by atoms with Crippen molar-refractivity contribution < 1.29 is 9.90 Å². The Morgan fingerprint density at radius 3 is 2.42 bits per heavy atom. The molecule has 0 atom stereocenters. The number of nitrogens with zero attached hydrogens (tertiary/aromatic N) is 1. The number of nitrogens with one attached hydrogen (secondary N) is 1. The lowest BCUT2D eigenvalue weighted by Gasteiger charge is -2.32. The number of carbonyl (C=O) groups is 1. The van der Waals surface area contributed by atoms with Gasteiger partial charge in [0.15, 0.2) is 0 Å². The van der Waals surface area contributed by atoms with Gasteiger partial charge in [-0.05, 0) is 12.8 Å². The van der Waals surface area contributed by atoms with Crippen LogP contribution in [0.5, 0.6) is 0 Å². The Kier molecular flexibility index (Phi) is 4.66. The number of hydrogen-bond donors (Lipinski definition) is 2. The lowest BCUT2D eigenvalue weighted by atomic mass is 9.85. The molecular formula is C13H16Cl2N2O2. The molecule has 2 rings (SSSR count). The molecule has 104 valence electrons. The summed E-state index contributed by atoms with van der Waals surface area (Å²) in [5.74, 6) is -0.378. The number of aromatic nitrogens is 1. The van der Waals surface area contributed by atoms with Crippen LogP contribution in [0.25, 0.3) is 0 Å². The minimum absolute atomic E-state index is 0.206. The Balaban J connectivity index is 2.01. The van der Waals surface area contributed by atoms with Gasteiger partial charge >= 0.3 is 0 Å². The van der Waals surface area contributed by atoms with E-state index in [4.69, 9.17) is 23.2 Å². The number of amides is 1. The molecule has 1 aliphatic carbocycles. The summed E-state index contributed by atoms with van der Waals surface area (Å²) in [5, 5.41) is 13.4. The van der Waals surface area contributed by atoms with Crippen LogP contribution in [0.15, 0.2) is 12.4 Å². The predicted octanol–water partition coefficient (Wildman–Crippen LogP) is 2.81. The molecule has 0 aromatic carbocycles. The SMILES string of the molecule is O=C(NCC1(O)CCCCC1)c1c(Cl)cncc1Cl. The van der Waals surface area contributed by atoms with E-state index in [0.717, 1.165) is 19.3 Å². The zero-order valence-electron chi connectivity index (χ0n) is 10.5. The van der Waals surface area contributed by atoms with Crippen LogP contribution in [0.3, 0.4) is 0 Å². The Hall–Kier alpha value is -0.840. The van der Waals surface area contributed by atoms with E-state index in [0.29, 0.717) is 12.8 Å². The Morgan fingerprint density at radius 2 is 1.84 bits per heavy atom. The molecule has 19 heavy (non-hydrogen) atoms. The van der Waals surface area contributed by atoms with Gasteiger partial charge < -0.3 is 10.4 Å². The van der Waals surface area contributed by atoms with Crippen LogP contribution >= 0.6 is 23.2 Å². The van der Waals surface area contributed by atoms with Crippen LogP contribution in [0.4, 0.5) is 0 Å². The van der Waals surface area contributed by atoms with Gasteiger partial charge in [0.25, 0.3) is 5.91 Å². The molecule has 1 amide bonds. The molecule has 4 nitrogen and oxygen atoms in total. The Morgan fingerprint density at radius 1 is 1.26 bits per heavy atom. The standard InChI is InChI=1S/C13H16Cl2N2O2/c14-9-6-16-7-10(15)11(9)12(18)17-8-13(19)4-2-1-3-5-13/h6-7,19H,1-5,8H2,(H,17,18). The van der Waals surface area contributed by atoms with Gasteiger partial charge in [0.05, 0.1) is 21.2 Å². The van der Waals surface area contributed by atoms with Crippen molar-refractivity contribution in [2.24, 2.45) is 0 Å². The zero-order chi connectivity index (χ0) is 13.9. The number of pyridine rings is 1. The fourth-order valence-corrected chi connectivity index (χ4v) is 2.88. The first kappa shape index (κ1) is 14.6. The fraction of sp³-hybridized carbons (Fsp3) is 0.538. The lowest BCUT2D eigenvalue weighted by molar-refractivity contribution is 0.00526. The molecule has 0 aliphatic heterocycles. The van der Waals surface area contributed by atoms with Crippen molar-refractivity contribution in [3.8, 4) is 0 Å². The van der Waals surface area contributed by atoms with Crippen LogP contribution in [-0.4, -0.2) is 28.1 Å². The molecule has 0 saturated heterocycles. The van der Waals surface area contributed by atoms with Crippen molar-refractivity contribution in [3.05, 3.63) is 28.0 Å². The first-order valence-corrected chi connectivity index (χ1v) is 7.07. The molecule has 0 spiro atoms. The molecular weight excluding hydrogens is 287 g/mol. The van der Waals surface area contributed by atoms with Crippen LogP contribution in [0, 0.1) is 0 Å². The van der Waals surface area contributed by atoms with Crippen LogP contribution in [-0.2, 0) is 0 Å². The third-order valence-electron chi connectivity index (χ3n) is 3.44. The molecule has 0 bridgehead atoms. The van der Waals surface area contributed by atoms with Crippen molar-refractivity contribution in [2.75, 3.05) is 6.54 Å². The first-order chi connectivity index (χ1) is 9.02. The van der Waals surface area contributed by atoms with E-state index in [1.54, 1.807) is 0 Å². The third-order valence-corrected chi connectivity index (χ3v) is 4.02. The molecule has 1 aromatic heterocycles. The number of carbonyl (C=O) groups excluding carboxylic acids is 1. The minimum Gasteiger partial charge on any atom is -0.388 e. The van der Waals surface area contributed by atoms with E-state index in [2.05, 4.69) is 10.3 Å². The summed E-state index contributed by atoms with van der Waals surface area (Å²) in [6.07, 6.45) is 7.29. The van der Waals surface area contributed by atoms with Crippen molar-refractivity contribution >= 4 is 29.1 Å². The molecule has 2 N–H and O–H groups in total. The largest absolute Gasteiger partial charge is 0.388 e. The van der Waals surface area contributed by atoms with Gasteiger partial charge in [0, 0.05) is 18.9 Å². The van der Waals surface area contributed by atoms with Gasteiger partial charge in [-0.1, -0.05) is 42.5 Å². The normalized spacial score (nSPS) is 18.1. The second-order valence-corrected chi connectivity index (χ2v) is 5.76. The summed E-state index contributed by atoms with van der Waals surface area (Å²) in [6, 6.07) is 0. The molecule has 0 radical (unpaired) electrons. The number of aliphatic hydroxyl groups is 1. The predicted molar refractivity (Wildman–Crippen MR) is 74.6 cm³/mol. The van der Waals surface area contributed by atoms with E-state index in [1.165, 1.54) is 12.4 Å². The summed E-state index contributed by atoms with van der Waals surface area (Å²) in [5.41, 5.74) is -0.599. The van der Waals surface area contributed by atoms with Gasteiger partial charge in [-0.3, -0.25) is 9.78 Å². The quantitative estimate of drug-likeness (QED) is 0.902. The van der Waals surface area contributed by atoms with Crippen LogP contribution in [0.2, 0.25) is 10.0 Å². The van der Waals surface area contributed by atoms with Crippen molar-refractivity contribution in [2.45, 2.75) is 37.7 Å². The van der Waals surface area contributed by atoms with Gasteiger partial charge in [-0.25, -0.2) is 0 Å². The van der Waals surface area contributed by atoms with Gasteiger partial charge in [-0.2, -0.15) is 0 Å². The van der Waals surface area contributed by atoms with E-state index in [9.17, 15) is 9.90 Å². The maximum Gasteiger partial charge on any atom is 0.254 e. The number of hydrogen-bond acceptors (Lipinski definition) is 3. The first-order valence-electron chi connectivity index (χ1n) is 6.31. The zero-order valence-corrected chi connectivity index (χ0v) is 12.0. The number of rotatable bonds is 3. The molecule has 6 heteroatoms. The smallest absolute Gasteiger partial charge is 0.254 e. The highest BCUT2D eigenvalue weighted by molar-refractivity contribution is 6.39. The number of halogens is 2. The fourth-order valence-electron chi connectivity index (χ4n) is 2.35. The topological polar surface area (TPSA) is 62.2 Å². The van der Waals surface area contributed by atoms with Crippen molar-refractivity contribution in [1.29, 1.82) is 0 Å². The monoisotopic (exact) mass is 302 g/mol.